The van der Waals surface area contributed by atoms with Crippen molar-refractivity contribution in [2.45, 2.75) is 18.8 Å². The molecule has 1 aromatic heterocycles. The van der Waals surface area contributed by atoms with Gasteiger partial charge in [0.05, 0.1) is 5.56 Å². The van der Waals surface area contributed by atoms with Crippen molar-refractivity contribution >= 4 is 17.7 Å². The predicted octanol–water partition coefficient (Wildman–Crippen LogP) is 1.90. The summed E-state index contributed by atoms with van der Waals surface area (Å²) in [5.74, 6) is -0.713. The number of H-pyrrole nitrogens is 1. The lowest BCUT2D eigenvalue weighted by atomic mass is 9.89. The summed E-state index contributed by atoms with van der Waals surface area (Å²) in [6.07, 6.45) is 3.68. The number of nitrogens with one attached hydrogen (secondary N) is 2. The molecule has 0 spiro atoms. The molecule has 3 N–H and O–H groups in total. The van der Waals surface area contributed by atoms with Gasteiger partial charge in [-0.3, -0.25) is 9.78 Å². The Morgan fingerprint density at radius 1 is 1.20 bits per heavy atom. The molecule has 2 aliphatic heterocycles. The van der Waals surface area contributed by atoms with Gasteiger partial charge in [0, 0.05) is 19.0 Å². The van der Waals surface area contributed by atoms with Crippen LogP contribution in [0.15, 0.2) is 46.9 Å². The number of hydrogen-bond acceptors (Lipinski definition) is 5. The summed E-state index contributed by atoms with van der Waals surface area (Å²) in [5, 5.41) is 12.2. The van der Waals surface area contributed by atoms with E-state index in [1.54, 1.807) is 6.08 Å². The van der Waals surface area contributed by atoms with Gasteiger partial charge in [0.25, 0.3) is 5.56 Å². The summed E-state index contributed by atoms with van der Waals surface area (Å²) in [4.78, 5) is 33.7. The minimum Gasteiger partial charge on any atom is -0.477 e. The maximum Gasteiger partial charge on any atom is 0.352 e. The summed E-state index contributed by atoms with van der Waals surface area (Å²) in [6.45, 7) is 1.68. The second kappa shape index (κ2) is 6.08. The van der Waals surface area contributed by atoms with Gasteiger partial charge >= 0.3 is 5.97 Å². The minimum absolute atomic E-state index is 0.0341. The molecule has 7 nitrogen and oxygen atoms in total. The van der Waals surface area contributed by atoms with E-state index in [0.717, 1.165) is 31.5 Å². The first-order valence-electron chi connectivity index (χ1n) is 8.30. The third-order valence-corrected chi connectivity index (χ3v) is 4.63. The number of carboxylic acids is 1. The number of allylic oxidation sites excluding steroid dienone is 1. The molecular formula is C18H18N4O3. The summed E-state index contributed by atoms with van der Waals surface area (Å²) in [6, 6.07) is 9.37. The Morgan fingerprint density at radius 2 is 1.92 bits per heavy atom. The van der Waals surface area contributed by atoms with Gasteiger partial charge in [-0.15, -0.1) is 0 Å². The largest absolute Gasteiger partial charge is 0.477 e. The first-order chi connectivity index (χ1) is 12.1. The number of nitrogens with zero attached hydrogens (tertiary/aromatic N) is 2. The number of carboxylic acid groups (broad SMARTS) is 1. The molecule has 128 valence electrons. The van der Waals surface area contributed by atoms with Crippen LogP contribution >= 0.6 is 0 Å². The molecule has 7 heteroatoms. The zero-order valence-corrected chi connectivity index (χ0v) is 13.5. The Bertz CT molecular complexity index is 898. The average Bonchev–Trinajstić information content (AvgIpc) is 3.16. The molecule has 1 aromatic carbocycles. The van der Waals surface area contributed by atoms with E-state index in [-0.39, 0.29) is 11.3 Å². The molecule has 2 aromatic rings. The number of aromatic amines is 1. The molecule has 3 heterocycles. The van der Waals surface area contributed by atoms with Crippen molar-refractivity contribution in [2.75, 3.05) is 23.3 Å². The summed E-state index contributed by atoms with van der Waals surface area (Å²) in [5.41, 5.74) is 1.09. The van der Waals surface area contributed by atoms with E-state index in [2.05, 4.69) is 15.3 Å². The van der Waals surface area contributed by atoms with Crippen LogP contribution in [0.4, 0.5) is 11.8 Å². The van der Waals surface area contributed by atoms with Gasteiger partial charge in [-0.25, -0.2) is 4.79 Å². The monoisotopic (exact) mass is 338 g/mol. The van der Waals surface area contributed by atoms with E-state index in [1.165, 1.54) is 0 Å². The number of benzene rings is 1. The van der Waals surface area contributed by atoms with E-state index >= 15 is 0 Å². The van der Waals surface area contributed by atoms with Crippen molar-refractivity contribution in [3.05, 3.63) is 63.6 Å². The molecule has 0 bridgehead atoms. The molecule has 0 radical (unpaired) electrons. The number of carbonyl (C=O) groups is 1. The Labute approximate surface area is 144 Å². The lowest BCUT2D eigenvalue weighted by molar-refractivity contribution is -0.132. The van der Waals surface area contributed by atoms with Crippen LogP contribution in [0.2, 0.25) is 0 Å². The Balaban J connectivity index is 1.85. The van der Waals surface area contributed by atoms with Gasteiger partial charge in [-0.05, 0) is 24.5 Å². The number of aromatic nitrogens is 2. The zero-order valence-electron chi connectivity index (χ0n) is 13.5. The Kier molecular flexibility index (Phi) is 3.76. The lowest BCUT2D eigenvalue weighted by Gasteiger charge is -2.25. The highest BCUT2D eigenvalue weighted by atomic mass is 16.4. The number of hydrogen-bond donors (Lipinski definition) is 3. The third-order valence-electron chi connectivity index (χ3n) is 4.63. The Hall–Kier alpha value is -3.09. The van der Waals surface area contributed by atoms with Gasteiger partial charge in [-0.1, -0.05) is 30.3 Å². The van der Waals surface area contributed by atoms with Crippen molar-refractivity contribution in [2.24, 2.45) is 0 Å². The lowest BCUT2D eigenvalue weighted by Crippen LogP contribution is -2.30. The quantitative estimate of drug-likeness (QED) is 0.791. The van der Waals surface area contributed by atoms with E-state index in [0.29, 0.717) is 17.3 Å². The molecule has 4 rings (SSSR count). The van der Waals surface area contributed by atoms with Gasteiger partial charge in [0.2, 0.25) is 5.95 Å². The highest BCUT2D eigenvalue weighted by Gasteiger charge is 2.29. The van der Waals surface area contributed by atoms with Crippen LogP contribution < -0.4 is 15.8 Å². The molecule has 1 saturated heterocycles. The van der Waals surface area contributed by atoms with Crippen LogP contribution in [0.25, 0.3) is 0 Å². The fourth-order valence-corrected chi connectivity index (χ4v) is 3.40. The molecule has 2 aliphatic rings. The van der Waals surface area contributed by atoms with Crippen molar-refractivity contribution in [1.82, 2.24) is 9.97 Å². The first kappa shape index (κ1) is 15.4. The van der Waals surface area contributed by atoms with Gasteiger partial charge in [0.15, 0.2) is 0 Å². The summed E-state index contributed by atoms with van der Waals surface area (Å²) >= 11 is 0. The van der Waals surface area contributed by atoms with E-state index in [1.807, 2.05) is 35.2 Å². The van der Waals surface area contributed by atoms with E-state index in [9.17, 15) is 14.7 Å². The van der Waals surface area contributed by atoms with Gasteiger partial charge in [-0.2, -0.15) is 4.98 Å². The van der Waals surface area contributed by atoms with Crippen LogP contribution in [0.1, 0.15) is 29.9 Å². The molecule has 1 unspecified atom stereocenters. The first-order valence-corrected chi connectivity index (χ1v) is 8.30. The highest BCUT2D eigenvalue weighted by molar-refractivity contribution is 5.91. The maximum atomic E-state index is 12.8. The second-order valence-corrected chi connectivity index (χ2v) is 6.24. The van der Waals surface area contributed by atoms with Crippen LogP contribution in [0, 0.1) is 0 Å². The molecule has 1 atom stereocenters. The van der Waals surface area contributed by atoms with Crippen LogP contribution in [0.3, 0.4) is 0 Å². The normalized spacial score (nSPS) is 19.1. The molecule has 0 saturated carbocycles. The van der Waals surface area contributed by atoms with Crippen molar-refractivity contribution in [3.8, 4) is 0 Å². The molecule has 0 aliphatic carbocycles. The third kappa shape index (κ3) is 2.77. The smallest absolute Gasteiger partial charge is 0.352 e. The number of rotatable bonds is 3. The maximum absolute atomic E-state index is 12.8. The van der Waals surface area contributed by atoms with Crippen LogP contribution in [-0.2, 0) is 4.79 Å². The minimum atomic E-state index is -1.07. The topological polar surface area (TPSA) is 98.3 Å². The highest BCUT2D eigenvalue weighted by Crippen LogP contribution is 2.34. The zero-order chi connectivity index (χ0) is 17.4. The number of fused-ring (bicyclic) bond motifs is 1. The average molecular weight is 338 g/mol. The molecule has 25 heavy (non-hydrogen) atoms. The molecular weight excluding hydrogens is 320 g/mol. The van der Waals surface area contributed by atoms with Gasteiger partial charge < -0.3 is 15.3 Å². The predicted molar refractivity (Wildman–Crippen MR) is 93.9 cm³/mol. The van der Waals surface area contributed by atoms with Crippen molar-refractivity contribution < 1.29 is 9.90 Å². The fraction of sp³-hybridized carbons (Fsp3) is 0.278. The van der Waals surface area contributed by atoms with Crippen molar-refractivity contribution in [3.63, 3.8) is 0 Å². The number of aliphatic carboxylic acids is 1. The fourth-order valence-electron chi connectivity index (χ4n) is 3.40. The molecule has 1 fully saturated rings. The van der Waals surface area contributed by atoms with Gasteiger partial charge in [0.1, 0.15) is 11.5 Å². The van der Waals surface area contributed by atoms with Crippen LogP contribution in [-0.4, -0.2) is 34.1 Å². The summed E-state index contributed by atoms with van der Waals surface area (Å²) < 4.78 is 0. The van der Waals surface area contributed by atoms with Crippen LogP contribution in [0.5, 0.6) is 0 Å². The second-order valence-electron chi connectivity index (χ2n) is 6.24. The number of anilines is 2. The summed E-state index contributed by atoms with van der Waals surface area (Å²) in [7, 11) is 0. The Morgan fingerprint density at radius 3 is 2.60 bits per heavy atom. The van der Waals surface area contributed by atoms with Crippen molar-refractivity contribution in [1.29, 1.82) is 0 Å². The standard InChI is InChI=1S/C18H18N4O3/c23-16-14-12(11-6-2-1-3-7-11)10-13(17(24)25)19-15(14)20-18(21-16)22-8-4-5-9-22/h1-3,6-7,10,12H,4-5,8-9H2,(H,24,25)(H2,19,20,21,23). The SMILES string of the molecule is O=C(O)C1=CC(c2ccccc2)c2c(nc(N3CCCC3)[nH]c2=O)N1. The van der Waals surface area contributed by atoms with E-state index < -0.39 is 11.9 Å². The molecule has 0 amide bonds. The van der Waals surface area contributed by atoms with E-state index in [4.69, 9.17) is 0 Å².